The number of aryl methyl sites for hydroxylation is 1. The van der Waals surface area contributed by atoms with Gasteiger partial charge in [-0.05, 0) is 13.3 Å². The van der Waals surface area contributed by atoms with Crippen LogP contribution >= 0.6 is 0 Å². The van der Waals surface area contributed by atoms with Crippen LogP contribution in [0.5, 0.6) is 5.88 Å². The molecule has 4 nitrogen and oxygen atoms in total. The van der Waals surface area contributed by atoms with Gasteiger partial charge >= 0.3 is 0 Å². The van der Waals surface area contributed by atoms with Crippen LogP contribution in [0.15, 0.2) is 12.4 Å². The van der Waals surface area contributed by atoms with Crippen LogP contribution in [0.2, 0.25) is 0 Å². The second kappa shape index (κ2) is 6.32. The molecule has 1 aromatic rings. The predicted molar refractivity (Wildman–Crippen MR) is 53.4 cm³/mol. The summed E-state index contributed by atoms with van der Waals surface area (Å²) in [5.74, 6) is 0.609. The van der Waals surface area contributed by atoms with E-state index in [9.17, 15) is 0 Å². The Morgan fingerprint density at radius 3 is 2.79 bits per heavy atom. The molecule has 0 fully saturated rings. The van der Waals surface area contributed by atoms with Crippen molar-refractivity contribution in [3.05, 3.63) is 18.1 Å². The first-order chi connectivity index (χ1) is 6.83. The summed E-state index contributed by atoms with van der Waals surface area (Å²) in [6.45, 7) is 5.91. The van der Waals surface area contributed by atoms with Crippen LogP contribution in [0, 0.1) is 6.92 Å². The van der Waals surface area contributed by atoms with E-state index >= 15 is 0 Å². The van der Waals surface area contributed by atoms with E-state index in [0.29, 0.717) is 19.1 Å². The number of aromatic nitrogens is 2. The topological polar surface area (TPSA) is 44.2 Å². The van der Waals surface area contributed by atoms with Crippen molar-refractivity contribution in [1.82, 2.24) is 9.97 Å². The first-order valence-electron chi connectivity index (χ1n) is 4.82. The normalized spacial score (nSPS) is 10.1. The highest BCUT2D eigenvalue weighted by molar-refractivity contribution is 5.11. The van der Waals surface area contributed by atoms with Gasteiger partial charge in [0.2, 0.25) is 5.88 Å². The molecular formula is C10H16N2O2. The van der Waals surface area contributed by atoms with Gasteiger partial charge in [-0.15, -0.1) is 0 Å². The van der Waals surface area contributed by atoms with Gasteiger partial charge in [-0.25, -0.2) is 9.97 Å². The van der Waals surface area contributed by atoms with Gasteiger partial charge in [0, 0.05) is 18.4 Å². The van der Waals surface area contributed by atoms with Crippen molar-refractivity contribution in [3.8, 4) is 5.88 Å². The predicted octanol–water partition coefficient (Wildman–Crippen LogP) is 1.59. The molecule has 0 saturated heterocycles. The summed E-state index contributed by atoms with van der Waals surface area (Å²) in [7, 11) is 0. The summed E-state index contributed by atoms with van der Waals surface area (Å²) in [6.07, 6.45) is 2.53. The molecule has 0 aliphatic rings. The highest BCUT2D eigenvalue weighted by atomic mass is 16.5. The van der Waals surface area contributed by atoms with Gasteiger partial charge in [0.25, 0.3) is 0 Å². The highest BCUT2D eigenvalue weighted by Gasteiger charge is 1.95. The molecule has 0 aliphatic carbocycles. The Kier molecular flexibility index (Phi) is 4.93. The summed E-state index contributed by atoms with van der Waals surface area (Å²) in [5, 5.41) is 0. The zero-order chi connectivity index (χ0) is 10.2. The lowest BCUT2D eigenvalue weighted by molar-refractivity contribution is 0.0989. The number of hydrogen-bond donors (Lipinski definition) is 0. The minimum atomic E-state index is 0.538. The maximum atomic E-state index is 5.36. The molecule has 0 atom stereocenters. The minimum Gasteiger partial charge on any atom is -0.475 e. The smallest absolute Gasteiger partial charge is 0.216 e. The minimum absolute atomic E-state index is 0.538. The van der Waals surface area contributed by atoms with Crippen LogP contribution in [0.3, 0.4) is 0 Å². The monoisotopic (exact) mass is 196 g/mol. The van der Waals surface area contributed by atoms with E-state index in [1.165, 1.54) is 6.33 Å². The Labute approximate surface area is 84.3 Å². The molecule has 78 valence electrons. The quantitative estimate of drug-likeness (QED) is 0.648. The fraction of sp³-hybridized carbons (Fsp3) is 0.600. The number of rotatable bonds is 6. The molecule has 0 bridgehead atoms. The third kappa shape index (κ3) is 4.18. The van der Waals surface area contributed by atoms with Crippen molar-refractivity contribution in [3.63, 3.8) is 0 Å². The van der Waals surface area contributed by atoms with Crippen LogP contribution in [0.1, 0.15) is 19.0 Å². The molecule has 0 aliphatic heterocycles. The van der Waals surface area contributed by atoms with Crippen LogP contribution in [-0.2, 0) is 4.74 Å². The third-order valence-corrected chi connectivity index (χ3v) is 1.60. The highest BCUT2D eigenvalue weighted by Crippen LogP contribution is 2.04. The van der Waals surface area contributed by atoms with Gasteiger partial charge < -0.3 is 9.47 Å². The maximum Gasteiger partial charge on any atom is 0.216 e. The van der Waals surface area contributed by atoms with E-state index in [1.807, 2.05) is 6.92 Å². The van der Waals surface area contributed by atoms with E-state index < -0.39 is 0 Å². The lowest BCUT2D eigenvalue weighted by Crippen LogP contribution is -2.08. The van der Waals surface area contributed by atoms with Crippen molar-refractivity contribution in [2.45, 2.75) is 20.3 Å². The molecular weight excluding hydrogens is 180 g/mol. The number of hydrogen-bond acceptors (Lipinski definition) is 4. The molecule has 14 heavy (non-hydrogen) atoms. The summed E-state index contributed by atoms with van der Waals surface area (Å²) >= 11 is 0. The van der Waals surface area contributed by atoms with Gasteiger partial charge in [-0.3, -0.25) is 0 Å². The van der Waals surface area contributed by atoms with E-state index in [1.54, 1.807) is 6.07 Å². The molecule has 1 rings (SSSR count). The second-order valence-corrected chi connectivity index (χ2v) is 2.96. The number of ether oxygens (including phenoxy) is 2. The fourth-order valence-corrected chi connectivity index (χ4v) is 0.961. The molecule has 0 amide bonds. The molecule has 0 aromatic carbocycles. The van der Waals surface area contributed by atoms with Crippen molar-refractivity contribution in [2.75, 3.05) is 19.8 Å². The van der Waals surface area contributed by atoms with E-state index in [0.717, 1.165) is 18.7 Å². The lowest BCUT2D eigenvalue weighted by atomic mass is 10.4. The first-order valence-corrected chi connectivity index (χ1v) is 4.82. The average molecular weight is 196 g/mol. The number of nitrogens with zero attached hydrogens (tertiary/aromatic N) is 2. The van der Waals surface area contributed by atoms with Crippen LogP contribution < -0.4 is 4.74 Å². The zero-order valence-corrected chi connectivity index (χ0v) is 8.69. The molecule has 0 unspecified atom stereocenters. The Hall–Kier alpha value is -1.16. The maximum absolute atomic E-state index is 5.36. The average Bonchev–Trinajstić information content (AvgIpc) is 2.18. The molecule has 4 heteroatoms. The largest absolute Gasteiger partial charge is 0.475 e. The summed E-state index contributed by atoms with van der Waals surface area (Å²) in [5.41, 5.74) is 0.907. The Morgan fingerprint density at radius 1 is 1.21 bits per heavy atom. The van der Waals surface area contributed by atoms with Gasteiger partial charge in [0.15, 0.2) is 0 Å². The Morgan fingerprint density at radius 2 is 2.07 bits per heavy atom. The first kappa shape index (κ1) is 10.9. The molecule has 1 heterocycles. The standard InChI is InChI=1S/C10H16N2O2/c1-3-4-13-5-6-14-10-7-9(2)11-8-12-10/h7-8H,3-6H2,1-2H3. The molecule has 1 aromatic heterocycles. The molecule has 0 saturated carbocycles. The SMILES string of the molecule is CCCOCCOc1cc(C)ncn1. The summed E-state index contributed by atoms with van der Waals surface area (Å²) in [4.78, 5) is 7.94. The van der Waals surface area contributed by atoms with Gasteiger partial charge in [-0.2, -0.15) is 0 Å². The van der Waals surface area contributed by atoms with Gasteiger partial charge in [0.1, 0.15) is 12.9 Å². The van der Waals surface area contributed by atoms with E-state index in [-0.39, 0.29) is 0 Å². The third-order valence-electron chi connectivity index (χ3n) is 1.60. The molecule has 0 spiro atoms. The van der Waals surface area contributed by atoms with Crippen LogP contribution in [0.25, 0.3) is 0 Å². The Bertz CT molecular complexity index is 266. The summed E-state index contributed by atoms with van der Waals surface area (Å²) < 4.78 is 10.6. The van der Waals surface area contributed by atoms with Crippen molar-refractivity contribution < 1.29 is 9.47 Å². The Balaban J connectivity index is 2.18. The molecule has 0 radical (unpaired) electrons. The lowest BCUT2D eigenvalue weighted by Gasteiger charge is -2.05. The van der Waals surface area contributed by atoms with E-state index in [4.69, 9.17) is 9.47 Å². The second-order valence-electron chi connectivity index (χ2n) is 2.96. The van der Waals surface area contributed by atoms with Gasteiger partial charge in [0.05, 0.1) is 6.61 Å². The van der Waals surface area contributed by atoms with Crippen molar-refractivity contribution in [2.24, 2.45) is 0 Å². The summed E-state index contributed by atoms with van der Waals surface area (Å²) in [6, 6.07) is 1.81. The molecule has 0 N–H and O–H groups in total. The van der Waals surface area contributed by atoms with E-state index in [2.05, 4.69) is 16.9 Å². The zero-order valence-electron chi connectivity index (χ0n) is 8.69. The fourth-order valence-electron chi connectivity index (χ4n) is 0.961. The van der Waals surface area contributed by atoms with Crippen LogP contribution in [-0.4, -0.2) is 29.8 Å². The van der Waals surface area contributed by atoms with Crippen molar-refractivity contribution >= 4 is 0 Å². The van der Waals surface area contributed by atoms with Crippen LogP contribution in [0.4, 0.5) is 0 Å². The van der Waals surface area contributed by atoms with Crippen molar-refractivity contribution in [1.29, 1.82) is 0 Å². The van der Waals surface area contributed by atoms with Gasteiger partial charge in [-0.1, -0.05) is 6.92 Å².